The van der Waals surface area contributed by atoms with E-state index in [1.54, 1.807) is 5.20 Å². The van der Waals surface area contributed by atoms with E-state index in [1.165, 1.54) is 66.9 Å². The van der Waals surface area contributed by atoms with Gasteiger partial charge in [-0.15, -0.1) is 34.2 Å². The van der Waals surface area contributed by atoms with Crippen LogP contribution in [-0.2, 0) is 25.8 Å². The predicted octanol–water partition coefficient (Wildman–Crippen LogP) is 9.88. The Morgan fingerprint density at radius 1 is 0.750 bits per heavy atom. The standard InChI is InChI=1S/C36H32Si.2CH3.Hf/c1-4-5-15-33-32-20-11-19-31(29-17-9-7-13-25(29)3)35(32)23-36(33)37-27-21-26-14-10-18-30(34(26)22-27)28-16-8-6-12-24(28)2;;;/h6-14,16-23,33H,1,4-5,15H2,2-3H3;2*1H3;/q-2;2*-1;+4. The van der Waals surface area contributed by atoms with E-state index >= 15 is 0 Å². The number of allylic oxidation sites excluding steroid dienone is 1. The van der Waals surface area contributed by atoms with Crippen LogP contribution < -0.4 is 5.19 Å². The summed E-state index contributed by atoms with van der Waals surface area (Å²) < 4.78 is 0. The fourth-order valence-corrected chi connectivity index (χ4v) is 7.42. The summed E-state index contributed by atoms with van der Waals surface area (Å²) in [5.74, 6) is 0.480. The molecule has 0 heterocycles. The second-order valence-corrected chi connectivity index (χ2v) is 11.7. The zero-order chi connectivity index (χ0) is 25.4. The van der Waals surface area contributed by atoms with Crippen LogP contribution in [0.25, 0.3) is 39.1 Å². The van der Waals surface area contributed by atoms with Crippen LogP contribution in [0.1, 0.15) is 47.4 Å². The quantitative estimate of drug-likeness (QED) is 0.117. The summed E-state index contributed by atoms with van der Waals surface area (Å²) in [5, 5.41) is 5.71. The van der Waals surface area contributed by atoms with Gasteiger partial charge >= 0.3 is 25.8 Å². The topological polar surface area (TPSA) is 0 Å². The van der Waals surface area contributed by atoms with Crippen LogP contribution >= 0.6 is 0 Å². The van der Waals surface area contributed by atoms with Crippen molar-refractivity contribution in [1.82, 2.24) is 0 Å². The number of hydrogen-bond donors (Lipinski definition) is 0. The Balaban J connectivity index is 0.00000147. The maximum absolute atomic E-state index is 4.15. The van der Waals surface area contributed by atoms with Gasteiger partial charge in [0.15, 0.2) is 0 Å². The molecule has 198 valence electrons. The molecule has 5 aromatic carbocycles. The van der Waals surface area contributed by atoms with E-state index in [0.29, 0.717) is 15.4 Å². The summed E-state index contributed by atoms with van der Waals surface area (Å²) >= 11 is 0. The molecule has 5 aromatic rings. The maximum atomic E-state index is 4.15. The Hall–Kier alpha value is -2.68. The van der Waals surface area contributed by atoms with Gasteiger partial charge in [-0.25, -0.2) is 0 Å². The summed E-state index contributed by atoms with van der Waals surface area (Å²) in [6.45, 7) is 8.57. The van der Waals surface area contributed by atoms with Crippen LogP contribution in [0.5, 0.6) is 0 Å². The fourth-order valence-electron chi connectivity index (χ4n) is 5.95. The molecule has 0 saturated heterocycles. The molecule has 6 rings (SSSR count). The number of hydrogen-bond acceptors (Lipinski definition) is 0. The van der Waals surface area contributed by atoms with Gasteiger partial charge in [-0.2, -0.15) is 12.5 Å². The van der Waals surface area contributed by atoms with Crippen LogP contribution in [-0.4, -0.2) is 9.52 Å². The van der Waals surface area contributed by atoms with E-state index < -0.39 is 0 Å². The molecule has 0 bridgehead atoms. The molecule has 0 saturated carbocycles. The van der Waals surface area contributed by atoms with Crippen molar-refractivity contribution in [2.45, 2.75) is 39.0 Å². The van der Waals surface area contributed by atoms with Gasteiger partial charge in [0.1, 0.15) is 0 Å². The Morgan fingerprint density at radius 3 is 2.02 bits per heavy atom. The minimum Gasteiger partial charge on any atom is -0.358 e. The van der Waals surface area contributed by atoms with Crippen molar-refractivity contribution in [1.29, 1.82) is 0 Å². The van der Waals surface area contributed by atoms with Crippen LogP contribution in [0.4, 0.5) is 0 Å². The zero-order valence-corrected chi connectivity index (χ0v) is 28.8. The molecular weight excluding hydrogens is 663 g/mol. The molecule has 2 radical (unpaired) electrons. The first kappa shape index (κ1) is 31.8. The van der Waals surface area contributed by atoms with E-state index in [4.69, 9.17) is 0 Å². The van der Waals surface area contributed by atoms with Gasteiger partial charge < -0.3 is 21.8 Å². The van der Waals surface area contributed by atoms with Crippen LogP contribution in [0, 0.1) is 35.6 Å². The Kier molecular flexibility index (Phi) is 11.0. The molecule has 0 spiro atoms. The van der Waals surface area contributed by atoms with Crippen molar-refractivity contribution in [3.8, 4) is 22.3 Å². The summed E-state index contributed by atoms with van der Waals surface area (Å²) in [6.07, 6.45) is 5.82. The zero-order valence-electron chi connectivity index (χ0n) is 24.2. The first-order valence-electron chi connectivity index (χ1n) is 13.4. The second kappa shape index (κ2) is 13.8. The van der Waals surface area contributed by atoms with Crippen LogP contribution in [0.2, 0.25) is 0 Å². The summed E-state index contributed by atoms with van der Waals surface area (Å²) in [4.78, 5) is 0. The monoisotopic (exact) mass is 702 g/mol. The fraction of sp³-hybridized carbons (Fsp3) is 0.158. The predicted molar refractivity (Wildman–Crippen MR) is 174 cm³/mol. The van der Waals surface area contributed by atoms with Gasteiger partial charge in [0.05, 0.1) is 9.52 Å². The maximum Gasteiger partial charge on any atom is 4.00 e. The second-order valence-electron chi connectivity index (χ2n) is 10.3. The molecular formula is C38H38HfSi. The van der Waals surface area contributed by atoms with Crippen molar-refractivity contribution in [3.05, 3.63) is 146 Å². The summed E-state index contributed by atoms with van der Waals surface area (Å²) in [7, 11) is 0.673. The first-order valence-corrected chi connectivity index (χ1v) is 14.4. The Labute approximate surface area is 263 Å². The molecule has 0 aromatic heterocycles. The molecule has 0 aliphatic heterocycles. The number of unbranched alkanes of at least 4 members (excludes halogenated alkanes) is 1. The average Bonchev–Trinajstić information content (AvgIpc) is 3.48. The van der Waals surface area contributed by atoms with Crippen molar-refractivity contribution in [2.24, 2.45) is 0 Å². The summed E-state index contributed by atoms with van der Waals surface area (Å²) in [5.41, 5.74) is 11.0. The number of fused-ring (bicyclic) bond motifs is 2. The molecule has 0 fully saturated rings. The van der Waals surface area contributed by atoms with Crippen molar-refractivity contribution < 1.29 is 25.8 Å². The Morgan fingerprint density at radius 2 is 1.35 bits per heavy atom. The van der Waals surface area contributed by atoms with Crippen molar-refractivity contribution in [2.75, 3.05) is 0 Å². The molecule has 0 nitrogen and oxygen atoms in total. The van der Waals surface area contributed by atoms with Crippen molar-refractivity contribution >= 4 is 31.6 Å². The van der Waals surface area contributed by atoms with Crippen LogP contribution in [0.3, 0.4) is 0 Å². The van der Waals surface area contributed by atoms with Gasteiger partial charge in [-0.05, 0) is 59.2 Å². The first-order chi connectivity index (χ1) is 18.1. The molecule has 1 aliphatic rings. The SMILES string of the molecule is [CH2-]CCCC1C([Si]c2cc3c(-c4ccccc4C)cccc3[cH-]2)=Cc2c(-c3ccccc3C)cccc21.[CH3-].[CH3-].[Hf+4]. The smallest absolute Gasteiger partial charge is 0.358 e. The van der Waals surface area contributed by atoms with Crippen LogP contribution in [0.15, 0.2) is 102 Å². The minimum atomic E-state index is 0. The third-order valence-corrected chi connectivity index (χ3v) is 9.20. The van der Waals surface area contributed by atoms with Gasteiger partial charge in [0.25, 0.3) is 0 Å². The number of benzene rings is 4. The largest absolute Gasteiger partial charge is 4.00 e. The third-order valence-electron chi connectivity index (χ3n) is 7.84. The molecule has 2 heteroatoms. The molecule has 1 unspecified atom stereocenters. The number of rotatable bonds is 7. The van der Waals surface area contributed by atoms with E-state index in [1.807, 2.05) is 0 Å². The van der Waals surface area contributed by atoms with E-state index in [2.05, 4.69) is 124 Å². The van der Waals surface area contributed by atoms with Crippen molar-refractivity contribution in [3.63, 3.8) is 0 Å². The number of aryl methyl sites for hydroxylation is 2. The Bertz CT molecular complexity index is 1620. The van der Waals surface area contributed by atoms with E-state index in [9.17, 15) is 0 Å². The molecule has 0 amide bonds. The van der Waals surface area contributed by atoms with Gasteiger partial charge in [-0.1, -0.05) is 96.1 Å². The minimum absolute atomic E-state index is 0. The van der Waals surface area contributed by atoms with Gasteiger partial charge in [-0.3, -0.25) is 0 Å². The normalized spacial score (nSPS) is 13.6. The molecule has 40 heavy (non-hydrogen) atoms. The van der Waals surface area contributed by atoms with Gasteiger partial charge in [0.2, 0.25) is 0 Å². The van der Waals surface area contributed by atoms with E-state index in [0.717, 1.165) is 12.8 Å². The van der Waals surface area contributed by atoms with Gasteiger partial charge in [0, 0.05) is 5.92 Å². The van der Waals surface area contributed by atoms with E-state index in [-0.39, 0.29) is 40.7 Å². The molecule has 1 atom stereocenters. The average molecular weight is 701 g/mol. The molecule has 1 aliphatic carbocycles. The third kappa shape index (κ3) is 5.99. The summed E-state index contributed by atoms with van der Waals surface area (Å²) in [6, 6.07) is 36.0. The molecule has 0 N–H and O–H groups in total.